The van der Waals surface area contributed by atoms with Gasteiger partial charge in [0.05, 0.1) is 11.4 Å². The lowest BCUT2D eigenvalue weighted by molar-refractivity contribution is 0.0694. The van der Waals surface area contributed by atoms with Crippen LogP contribution in [0.3, 0.4) is 0 Å². The summed E-state index contributed by atoms with van der Waals surface area (Å²) in [5.74, 6) is -1.14. The van der Waals surface area contributed by atoms with E-state index in [4.69, 9.17) is 4.74 Å². The maximum absolute atomic E-state index is 12.3. The molecule has 0 saturated carbocycles. The molecular weight excluding hydrogens is 370 g/mol. The highest BCUT2D eigenvalue weighted by atomic mass is 16.5. The first kappa shape index (κ1) is 18.6. The van der Waals surface area contributed by atoms with E-state index >= 15 is 0 Å². The third-order valence-electron chi connectivity index (χ3n) is 5.04. The number of amides is 1. The Labute approximate surface area is 167 Å². The van der Waals surface area contributed by atoms with E-state index in [0.717, 1.165) is 22.3 Å². The number of anilines is 1. The first-order valence-corrected chi connectivity index (χ1v) is 9.16. The van der Waals surface area contributed by atoms with Crippen molar-refractivity contribution in [2.75, 3.05) is 11.9 Å². The van der Waals surface area contributed by atoms with Crippen LogP contribution in [0.15, 0.2) is 48.5 Å². The zero-order valence-corrected chi connectivity index (χ0v) is 16.0. The summed E-state index contributed by atoms with van der Waals surface area (Å²) in [6, 6.07) is 16.2. The van der Waals surface area contributed by atoms with Gasteiger partial charge in [-0.2, -0.15) is 0 Å². The molecule has 146 valence electrons. The number of carboxylic acids is 1. The van der Waals surface area contributed by atoms with Crippen LogP contribution in [0, 0.1) is 13.8 Å². The number of rotatable bonds is 4. The van der Waals surface area contributed by atoms with Crippen LogP contribution in [0.25, 0.3) is 11.1 Å². The average Bonchev–Trinajstić information content (AvgIpc) is 2.99. The van der Waals surface area contributed by atoms with Crippen LogP contribution in [0.1, 0.15) is 38.8 Å². The standard InChI is InChI=1S/C22H19N3O4/c1-12-19(20(26)27)13(2)24-21(23-12)25-22(28)29-11-18-16-9-5-3-7-14(16)15-8-4-6-10-17(15)18/h3-10,18H,11H2,1-2H3,(H,26,27)(H,23,24,25,28). The number of aryl methyl sites for hydroxylation is 2. The summed E-state index contributed by atoms with van der Waals surface area (Å²) in [4.78, 5) is 31.6. The molecule has 7 nitrogen and oxygen atoms in total. The molecule has 1 amide bonds. The fourth-order valence-corrected chi connectivity index (χ4v) is 3.81. The second-order valence-electron chi connectivity index (χ2n) is 6.85. The van der Waals surface area contributed by atoms with Gasteiger partial charge in [-0.1, -0.05) is 48.5 Å². The van der Waals surface area contributed by atoms with E-state index in [-0.39, 0.29) is 35.4 Å². The molecule has 0 fully saturated rings. The molecule has 2 aromatic carbocycles. The number of hydrogen-bond acceptors (Lipinski definition) is 5. The number of fused-ring (bicyclic) bond motifs is 3. The average molecular weight is 389 g/mol. The Morgan fingerprint density at radius 1 is 0.966 bits per heavy atom. The van der Waals surface area contributed by atoms with Crippen LogP contribution in [0.5, 0.6) is 0 Å². The summed E-state index contributed by atoms with van der Waals surface area (Å²) in [7, 11) is 0. The third-order valence-corrected chi connectivity index (χ3v) is 5.04. The Kier molecular flexibility index (Phi) is 4.72. The van der Waals surface area contributed by atoms with Crippen molar-refractivity contribution >= 4 is 18.0 Å². The third kappa shape index (κ3) is 3.42. The van der Waals surface area contributed by atoms with E-state index in [1.165, 1.54) is 0 Å². The summed E-state index contributed by atoms with van der Waals surface area (Å²) in [6.07, 6.45) is -0.686. The minimum Gasteiger partial charge on any atom is -0.478 e. The van der Waals surface area contributed by atoms with Gasteiger partial charge in [0.25, 0.3) is 0 Å². The first-order valence-electron chi connectivity index (χ1n) is 9.16. The lowest BCUT2D eigenvalue weighted by Gasteiger charge is -2.14. The summed E-state index contributed by atoms with van der Waals surface area (Å²) in [5.41, 5.74) is 5.12. The normalized spacial score (nSPS) is 12.2. The van der Waals surface area contributed by atoms with Crippen LogP contribution in [0.2, 0.25) is 0 Å². The first-order chi connectivity index (χ1) is 14.0. The molecule has 1 aromatic heterocycles. The highest BCUT2D eigenvalue weighted by Crippen LogP contribution is 2.44. The Balaban J connectivity index is 1.49. The fraction of sp³-hybridized carbons (Fsp3) is 0.182. The maximum Gasteiger partial charge on any atom is 0.414 e. The zero-order chi connectivity index (χ0) is 20.5. The van der Waals surface area contributed by atoms with E-state index in [2.05, 4.69) is 27.4 Å². The van der Waals surface area contributed by atoms with Crippen molar-refractivity contribution in [3.05, 3.63) is 76.6 Å². The highest BCUT2D eigenvalue weighted by Gasteiger charge is 2.29. The molecule has 0 radical (unpaired) electrons. The Hall–Kier alpha value is -3.74. The molecule has 29 heavy (non-hydrogen) atoms. The van der Waals surface area contributed by atoms with Crippen LogP contribution in [-0.4, -0.2) is 33.7 Å². The molecule has 7 heteroatoms. The largest absolute Gasteiger partial charge is 0.478 e. The Bertz CT molecular complexity index is 1060. The lowest BCUT2D eigenvalue weighted by Crippen LogP contribution is -2.20. The molecule has 0 bridgehead atoms. The number of aromatic nitrogens is 2. The summed E-state index contributed by atoms with van der Waals surface area (Å²) >= 11 is 0. The molecular formula is C22H19N3O4. The predicted molar refractivity (Wildman–Crippen MR) is 107 cm³/mol. The molecule has 0 aliphatic heterocycles. The molecule has 4 rings (SSSR count). The zero-order valence-electron chi connectivity index (χ0n) is 16.0. The molecule has 2 N–H and O–H groups in total. The second kappa shape index (κ2) is 7.35. The van der Waals surface area contributed by atoms with Gasteiger partial charge in [-0.15, -0.1) is 0 Å². The van der Waals surface area contributed by atoms with Crippen molar-refractivity contribution in [1.29, 1.82) is 0 Å². The molecule has 1 aliphatic carbocycles. The Morgan fingerprint density at radius 2 is 1.48 bits per heavy atom. The van der Waals surface area contributed by atoms with Crippen molar-refractivity contribution < 1.29 is 19.4 Å². The number of nitrogens with zero attached hydrogens (tertiary/aromatic N) is 2. The smallest absolute Gasteiger partial charge is 0.414 e. The van der Waals surface area contributed by atoms with Gasteiger partial charge in [-0.05, 0) is 36.1 Å². The number of carbonyl (C=O) groups is 2. The van der Waals surface area contributed by atoms with Crippen LogP contribution in [0.4, 0.5) is 10.7 Å². The molecule has 3 aromatic rings. The van der Waals surface area contributed by atoms with Crippen molar-refractivity contribution in [3.8, 4) is 11.1 Å². The quantitative estimate of drug-likeness (QED) is 0.695. The van der Waals surface area contributed by atoms with E-state index in [1.54, 1.807) is 13.8 Å². The van der Waals surface area contributed by atoms with Gasteiger partial charge in [0.1, 0.15) is 12.2 Å². The van der Waals surface area contributed by atoms with Crippen LogP contribution >= 0.6 is 0 Å². The van der Waals surface area contributed by atoms with Crippen LogP contribution < -0.4 is 5.32 Å². The number of nitrogens with one attached hydrogen (secondary N) is 1. The molecule has 1 heterocycles. The topological polar surface area (TPSA) is 101 Å². The lowest BCUT2D eigenvalue weighted by atomic mass is 9.98. The minimum atomic E-state index is -1.10. The van der Waals surface area contributed by atoms with Gasteiger partial charge < -0.3 is 9.84 Å². The maximum atomic E-state index is 12.3. The van der Waals surface area contributed by atoms with E-state index in [1.807, 2.05) is 36.4 Å². The summed E-state index contributed by atoms with van der Waals surface area (Å²) in [5, 5.41) is 11.7. The van der Waals surface area contributed by atoms with E-state index < -0.39 is 12.1 Å². The van der Waals surface area contributed by atoms with Gasteiger partial charge in [0.2, 0.25) is 5.95 Å². The number of carbonyl (C=O) groups excluding carboxylic acids is 1. The van der Waals surface area contributed by atoms with Crippen LogP contribution in [-0.2, 0) is 4.74 Å². The molecule has 0 saturated heterocycles. The molecule has 0 spiro atoms. The highest BCUT2D eigenvalue weighted by molar-refractivity contribution is 5.90. The van der Waals surface area contributed by atoms with E-state index in [9.17, 15) is 14.7 Å². The number of ether oxygens (including phenoxy) is 1. The predicted octanol–water partition coefficient (Wildman–Crippen LogP) is 4.15. The van der Waals surface area contributed by atoms with Gasteiger partial charge in [0, 0.05) is 5.92 Å². The number of carboxylic acid groups (broad SMARTS) is 1. The SMILES string of the molecule is Cc1nc(NC(=O)OCC2c3ccccc3-c3ccccc32)nc(C)c1C(=O)O. The number of benzene rings is 2. The monoisotopic (exact) mass is 389 g/mol. The van der Waals surface area contributed by atoms with Gasteiger partial charge in [-0.25, -0.2) is 19.6 Å². The van der Waals surface area contributed by atoms with Crippen molar-refractivity contribution in [2.24, 2.45) is 0 Å². The molecule has 1 aliphatic rings. The number of aromatic carboxylic acids is 1. The van der Waals surface area contributed by atoms with Gasteiger partial charge in [0.15, 0.2) is 0 Å². The fourth-order valence-electron chi connectivity index (χ4n) is 3.81. The molecule has 0 atom stereocenters. The number of hydrogen-bond donors (Lipinski definition) is 2. The van der Waals surface area contributed by atoms with E-state index in [0.29, 0.717) is 0 Å². The second-order valence-corrected chi connectivity index (χ2v) is 6.85. The van der Waals surface area contributed by atoms with Crippen molar-refractivity contribution in [2.45, 2.75) is 19.8 Å². The summed E-state index contributed by atoms with van der Waals surface area (Å²) < 4.78 is 5.45. The van der Waals surface area contributed by atoms with Crippen molar-refractivity contribution in [3.63, 3.8) is 0 Å². The Morgan fingerprint density at radius 3 is 2.00 bits per heavy atom. The van der Waals surface area contributed by atoms with Crippen molar-refractivity contribution in [1.82, 2.24) is 9.97 Å². The summed E-state index contributed by atoms with van der Waals surface area (Å²) in [6.45, 7) is 3.28. The van der Waals surface area contributed by atoms with Gasteiger partial charge >= 0.3 is 12.1 Å². The van der Waals surface area contributed by atoms with Gasteiger partial charge in [-0.3, -0.25) is 5.32 Å². The minimum absolute atomic E-state index is 0.0159. The molecule has 0 unspecified atom stereocenters.